The summed E-state index contributed by atoms with van der Waals surface area (Å²) in [7, 11) is 0. The van der Waals surface area contributed by atoms with E-state index in [4.69, 9.17) is 4.74 Å². The average molecular weight is 326 g/mol. The summed E-state index contributed by atoms with van der Waals surface area (Å²) in [6.07, 6.45) is 2.52. The zero-order chi connectivity index (χ0) is 16.9. The van der Waals surface area contributed by atoms with Crippen LogP contribution >= 0.6 is 0 Å². The molecule has 2 aromatic rings. The normalized spacial score (nSPS) is 17.6. The molecule has 0 bridgehead atoms. The van der Waals surface area contributed by atoms with Gasteiger partial charge in [0.25, 0.3) is 0 Å². The molecule has 1 N–H and O–H groups in total. The Morgan fingerprint density at radius 1 is 1.29 bits per heavy atom. The van der Waals surface area contributed by atoms with Gasteiger partial charge >= 0.3 is 0 Å². The number of aryl methyl sites for hydroxylation is 1. The quantitative estimate of drug-likeness (QED) is 0.894. The molecular weight excluding hydrogens is 300 g/mol. The van der Waals surface area contributed by atoms with Crippen LogP contribution in [0.1, 0.15) is 32.5 Å². The number of nitrogens with one attached hydrogen (secondary N) is 1. The molecule has 1 fully saturated rings. The summed E-state index contributed by atoms with van der Waals surface area (Å²) < 4.78 is 5.68. The Kier molecular flexibility index (Phi) is 5.18. The molecule has 0 amide bonds. The number of benzene rings is 1. The molecule has 128 valence electrons. The summed E-state index contributed by atoms with van der Waals surface area (Å²) in [5.41, 5.74) is 0.926. The molecule has 0 spiro atoms. The number of hydrogen-bond donors (Lipinski definition) is 1. The van der Waals surface area contributed by atoms with Gasteiger partial charge in [0.1, 0.15) is 23.2 Å². The molecule has 5 nitrogen and oxygen atoms in total. The van der Waals surface area contributed by atoms with E-state index in [1.54, 1.807) is 0 Å². The van der Waals surface area contributed by atoms with Crippen LogP contribution in [0.15, 0.2) is 30.3 Å². The summed E-state index contributed by atoms with van der Waals surface area (Å²) in [4.78, 5) is 11.5. The fraction of sp³-hybridized carbons (Fsp3) is 0.474. The molecule has 0 aliphatic carbocycles. The highest BCUT2D eigenvalue weighted by Crippen LogP contribution is 2.29. The van der Waals surface area contributed by atoms with Crippen molar-refractivity contribution < 1.29 is 4.74 Å². The van der Waals surface area contributed by atoms with Crippen LogP contribution in [0.3, 0.4) is 0 Å². The second-order valence-corrected chi connectivity index (χ2v) is 6.41. The molecule has 1 atom stereocenters. The summed E-state index contributed by atoms with van der Waals surface area (Å²) >= 11 is 0. The van der Waals surface area contributed by atoms with Crippen molar-refractivity contribution in [3.63, 3.8) is 0 Å². The van der Waals surface area contributed by atoms with Gasteiger partial charge in [-0.05, 0) is 44.7 Å². The number of nitrogens with zero attached hydrogens (tertiary/aromatic N) is 3. The first-order valence-electron chi connectivity index (χ1n) is 8.75. The lowest BCUT2D eigenvalue weighted by Gasteiger charge is -2.32. The SMILES string of the molecule is CCOc1ccccc1Nc1cc(N2CCCC(C)C2)nc(C)n1. The van der Waals surface area contributed by atoms with Crippen LogP contribution in [0.5, 0.6) is 5.75 Å². The Balaban J connectivity index is 1.84. The highest BCUT2D eigenvalue weighted by atomic mass is 16.5. The van der Waals surface area contributed by atoms with E-state index in [0.717, 1.165) is 42.0 Å². The number of anilines is 3. The molecule has 0 radical (unpaired) electrons. The third kappa shape index (κ3) is 3.96. The highest BCUT2D eigenvalue weighted by Gasteiger charge is 2.18. The fourth-order valence-corrected chi connectivity index (χ4v) is 3.16. The molecule has 3 rings (SSSR count). The van der Waals surface area contributed by atoms with Crippen molar-refractivity contribution >= 4 is 17.3 Å². The Bertz CT molecular complexity index is 689. The van der Waals surface area contributed by atoms with Gasteiger partial charge in [0.05, 0.1) is 12.3 Å². The van der Waals surface area contributed by atoms with E-state index in [2.05, 4.69) is 27.1 Å². The number of para-hydroxylation sites is 2. The largest absolute Gasteiger partial charge is 0.492 e. The van der Waals surface area contributed by atoms with Crippen molar-refractivity contribution in [3.05, 3.63) is 36.2 Å². The zero-order valence-corrected chi connectivity index (χ0v) is 14.7. The third-order valence-electron chi connectivity index (χ3n) is 4.26. The third-order valence-corrected chi connectivity index (χ3v) is 4.26. The number of aromatic nitrogens is 2. The standard InChI is InChI=1S/C19H26N4O/c1-4-24-17-10-6-5-9-16(17)22-18-12-19(21-15(3)20-18)23-11-7-8-14(2)13-23/h5-6,9-10,12,14H,4,7-8,11,13H2,1-3H3,(H,20,21,22). The molecule has 1 saturated heterocycles. The van der Waals surface area contributed by atoms with Gasteiger partial charge in [-0.1, -0.05) is 19.1 Å². The Labute approximate surface area is 144 Å². The molecule has 5 heteroatoms. The first-order valence-corrected chi connectivity index (χ1v) is 8.75. The molecule has 1 aliphatic heterocycles. The summed E-state index contributed by atoms with van der Waals surface area (Å²) in [6, 6.07) is 9.97. The number of hydrogen-bond acceptors (Lipinski definition) is 5. The Morgan fingerprint density at radius 2 is 2.12 bits per heavy atom. The molecule has 1 aromatic carbocycles. The van der Waals surface area contributed by atoms with E-state index in [1.165, 1.54) is 12.8 Å². The lowest BCUT2D eigenvalue weighted by atomic mass is 10.0. The lowest BCUT2D eigenvalue weighted by molar-refractivity contribution is 0.342. The minimum atomic E-state index is 0.637. The van der Waals surface area contributed by atoms with E-state index in [-0.39, 0.29) is 0 Å². The maximum Gasteiger partial charge on any atom is 0.142 e. The Morgan fingerprint density at radius 3 is 2.92 bits per heavy atom. The zero-order valence-electron chi connectivity index (χ0n) is 14.7. The topological polar surface area (TPSA) is 50.3 Å². The Hall–Kier alpha value is -2.30. The van der Waals surface area contributed by atoms with Gasteiger partial charge in [0, 0.05) is 19.2 Å². The molecule has 0 saturated carbocycles. The van der Waals surface area contributed by atoms with Gasteiger partial charge in [-0.15, -0.1) is 0 Å². The predicted molar refractivity (Wildman–Crippen MR) is 98.3 cm³/mol. The monoisotopic (exact) mass is 326 g/mol. The van der Waals surface area contributed by atoms with Crippen LogP contribution in [0.2, 0.25) is 0 Å². The van der Waals surface area contributed by atoms with E-state index in [0.29, 0.717) is 12.5 Å². The van der Waals surface area contributed by atoms with Crippen LogP contribution in [0, 0.1) is 12.8 Å². The van der Waals surface area contributed by atoms with Crippen molar-refractivity contribution in [3.8, 4) is 5.75 Å². The van der Waals surface area contributed by atoms with Gasteiger partial charge < -0.3 is 15.0 Å². The van der Waals surface area contributed by atoms with E-state index in [1.807, 2.05) is 44.2 Å². The van der Waals surface area contributed by atoms with Crippen LogP contribution in [0.25, 0.3) is 0 Å². The number of ether oxygens (including phenoxy) is 1. The minimum Gasteiger partial charge on any atom is -0.492 e. The van der Waals surface area contributed by atoms with Gasteiger partial charge in [0.15, 0.2) is 0 Å². The highest BCUT2D eigenvalue weighted by molar-refractivity contribution is 5.65. The maximum absolute atomic E-state index is 5.68. The van der Waals surface area contributed by atoms with Crippen LogP contribution in [-0.4, -0.2) is 29.7 Å². The predicted octanol–water partition coefficient (Wildman–Crippen LogP) is 4.16. The average Bonchev–Trinajstić information content (AvgIpc) is 2.56. The molecule has 1 aliphatic rings. The lowest BCUT2D eigenvalue weighted by Crippen LogP contribution is -2.35. The second-order valence-electron chi connectivity index (χ2n) is 6.41. The van der Waals surface area contributed by atoms with Crippen molar-refractivity contribution in [2.75, 3.05) is 29.9 Å². The molecule has 24 heavy (non-hydrogen) atoms. The second kappa shape index (κ2) is 7.51. The molecule has 1 aromatic heterocycles. The van der Waals surface area contributed by atoms with Gasteiger partial charge in [0.2, 0.25) is 0 Å². The van der Waals surface area contributed by atoms with Gasteiger partial charge in [-0.3, -0.25) is 0 Å². The van der Waals surface area contributed by atoms with E-state index in [9.17, 15) is 0 Å². The number of piperidine rings is 1. The van der Waals surface area contributed by atoms with E-state index < -0.39 is 0 Å². The summed E-state index contributed by atoms with van der Waals surface area (Å²) in [5, 5.41) is 3.39. The first kappa shape index (κ1) is 16.6. The first-order chi connectivity index (χ1) is 11.7. The van der Waals surface area contributed by atoms with Crippen LogP contribution < -0.4 is 15.0 Å². The fourth-order valence-electron chi connectivity index (χ4n) is 3.16. The smallest absolute Gasteiger partial charge is 0.142 e. The van der Waals surface area contributed by atoms with Crippen molar-refractivity contribution in [1.82, 2.24) is 9.97 Å². The molecular formula is C19H26N4O. The maximum atomic E-state index is 5.68. The van der Waals surface area contributed by atoms with Crippen molar-refractivity contribution in [1.29, 1.82) is 0 Å². The summed E-state index contributed by atoms with van der Waals surface area (Å²) in [6.45, 7) is 9.00. The van der Waals surface area contributed by atoms with Crippen LogP contribution in [-0.2, 0) is 0 Å². The summed E-state index contributed by atoms with van der Waals surface area (Å²) in [5.74, 6) is 4.14. The molecule has 2 heterocycles. The van der Waals surface area contributed by atoms with Gasteiger partial charge in [-0.2, -0.15) is 0 Å². The van der Waals surface area contributed by atoms with E-state index >= 15 is 0 Å². The van der Waals surface area contributed by atoms with Gasteiger partial charge in [-0.25, -0.2) is 9.97 Å². The molecule has 1 unspecified atom stereocenters. The minimum absolute atomic E-state index is 0.637. The number of rotatable bonds is 5. The van der Waals surface area contributed by atoms with Crippen molar-refractivity contribution in [2.45, 2.75) is 33.6 Å². The van der Waals surface area contributed by atoms with Crippen molar-refractivity contribution in [2.24, 2.45) is 5.92 Å². The van der Waals surface area contributed by atoms with Crippen LogP contribution in [0.4, 0.5) is 17.3 Å².